The number of aryl methyl sites for hydroxylation is 1. The van der Waals surface area contributed by atoms with E-state index in [2.05, 4.69) is 4.98 Å². The van der Waals surface area contributed by atoms with E-state index in [1.807, 2.05) is 0 Å². The van der Waals surface area contributed by atoms with Crippen molar-refractivity contribution >= 4 is 16.8 Å². The molecule has 128 valence electrons. The molecule has 1 aliphatic rings. The lowest BCUT2D eigenvalue weighted by Gasteiger charge is -2.32. The highest BCUT2D eigenvalue weighted by Gasteiger charge is 2.28. The van der Waals surface area contributed by atoms with Gasteiger partial charge < -0.3 is 10.0 Å². The zero-order valence-electron chi connectivity index (χ0n) is 12.9. The molecule has 0 bridgehead atoms. The average Bonchev–Trinajstić information content (AvgIpc) is 2.53. The van der Waals surface area contributed by atoms with Gasteiger partial charge in [-0.1, -0.05) is 12.1 Å². The SMILES string of the molecule is O=C(CCn1c(=O)[nH]c(=O)c2ccccc21)N1C[C@H](O)C[C@H](F)C1. The minimum atomic E-state index is -1.24. The number of likely N-dealkylation sites (tertiary alicyclic amines) is 1. The van der Waals surface area contributed by atoms with E-state index < -0.39 is 23.5 Å². The molecular formula is C16H18FN3O4. The second-order valence-electron chi connectivity index (χ2n) is 5.96. The van der Waals surface area contributed by atoms with Crippen LogP contribution in [0.25, 0.3) is 10.9 Å². The molecular weight excluding hydrogens is 317 g/mol. The fraction of sp³-hybridized carbons (Fsp3) is 0.438. The van der Waals surface area contributed by atoms with E-state index in [-0.39, 0.29) is 38.4 Å². The van der Waals surface area contributed by atoms with Crippen LogP contribution >= 0.6 is 0 Å². The van der Waals surface area contributed by atoms with Gasteiger partial charge in [0.25, 0.3) is 5.56 Å². The number of alkyl halides is 1. The first kappa shape index (κ1) is 16.4. The van der Waals surface area contributed by atoms with Crippen LogP contribution in [-0.4, -0.2) is 50.8 Å². The monoisotopic (exact) mass is 335 g/mol. The predicted octanol–water partition coefficient (Wildman–Crippen LogP) is 0.0112. The Hall–Kier alpha value is -2.48. The molecule has 0 radical (unpaired) electrons. The third-order valence-electron chi connectivity index (χ3n) is 4.18. The molecule has 2 heterocycles. The van der Waals surface area contributed by atoms with E-state index in [1.54, 1.807) is 24.3 Å². The van der Waals surface area contributed by atoms with Gasteiger partial charge in [0, 0.05) is 25.9 Å². The second-order valence-corrected chi connectivity index (χ2v) is 5.96. The molecule has 1 amide bonds. The number of nitrogens with zero attached hydrogens (tertiary/aromatic N) is 2. The van der Waals surface area contributed by atoms with Crippen LogP contribution in [0.4, 0.5) is 4.39 Å². The number of aromatic amines is 1. The molecule has 24 heavy (non-hydrogen) atoms. The fourth-order valence-corrected chi connectivity index (χ4v) is 3.05. The number of aromatic nitrogens is 2. The quantitative estimate of drug-likeness (QED) is 0.826. The highest BCUT2D eigenvalue weighted by molar-refractivity contribution is 5.79. The number of piperidine rings is 1. The molecule has 2 aromatic rings. The number of amides is 1. The van der Waals surface area contributed by atoms with Gasteiger partial charge >= 0.3 is 5.69 Å². The molecule has 0 aliphatic carbocycles. The first-order valence-corrected chi connectivity index (χ1v) is 7.77. The van der Waals surface area contributed by atoms with Crippen molar-refractivity contribution in [3.05, 3.63) is 45.1 Å². The zero-order chi connectivity index (χ0) is 17.3. The number of nitrogens with one attached hydrogen (secondary N) is 1. The Labute approximate surface area is 136 Å². The van der Waals surface area contributed by atoms with Crippen LogP contribution < -0.4 is 11.2 Å². The Morgan fingerprint density at radius 3 is 2.79 bits per heavy atom. The first-order valence-electron chi connectivity index (χ1n) is 7.77. The Kier molecular flexibility index (Phi) is 4.48. The van der Waals surface area contributed by atoms with Gasteiger partial charge in [-0.15, -0.1) is 0 Å². The van der Waals surface area contributed by atoms with Crippen molar-refractivity contribution in [3.8, 4) is 0 Å². The van der Waals surface area contributed by atoms with Gasteiger partial charge in [-0.05, 0) is 12.1 Å². The smallest absolute Gasteiger partial charge is 0.328 e. The number of H-pyrrole nitrogens is 1. The Bertz CT molecular complexity index is 865. The maximum atomic E-state index is 13.5. The fourth-order valence-electron chi connectivity index (χ4n) is 3.05. The highest BCUT2D eigenvalue weighted by Crippen LogP contribution is 2.15. The van der Waals surface area contributed by atoms with E-state index >= 15 is 0 Å². The maximum absolute atomic E-state index is 13.5. The summed E-state index contributed by atoms with van der Waals surface area (Å²) in [6.07, 6.45) is -2.09. The minimum absolute atomic E-state index is 0.0185. The highest BCUT2D eigenvalue weighted by atomic mass is 19.1. The predicted molar refractivity (Wildman–Crippen MR) is 85.5 cm³/mol. The number of para-hydroxylation sites is 1. The molecule has 2 atom stereocenters. The summed E-state index contributed by atoms with van der Waals surface area (Å²) in [5.74, 6) is -0.335. The molecule has 1 aliphatic heterocycles. The van der Waals surface area contributed by atoms with Crippen LogP contribution in [-0.2, 0) is 11.3 Å². The molecule has 1 aromatic carbocycles. The van der Waals surface area contributed by atoms with E-state index in [0.717, 1.165) is 0 Å². The number of carbonyl (C=O) groups excluding carboxylic acids is 1. The summed E-state index contributed by atoms with van der Waals surface area (Å²) in [7, 11) is 0. The van der Waals surface area contributed by atoms with Gasteiger partial charge in [0.15, 0.2) is 0 Å². The number of carbonyl (C=O) groups is 1. The standard InChI is InChI=1S/C16H18FN3O4/c17-10-7-11(21)9-19(8-10)14(22)5-6-20-13-4-2-1-3-12(13)15(23)18-16(20)24/h1-4,10-11,21H,5-9H2,(H,18,23,24)/t10-,11+/m0/s1. The van der Waals surface area contributed by atoms with Gasteiger partial charge in [0.2, 0.25) is 5.91 Å². The molecule has 1 fully saturated rings. The van der Waals surface area contributed by atoms with Crippen LogP contribution in [0.2, 0.25) is 0 Å². The van der Waals surface area contributed by atoms with Crippen molar-refractivity contribution in [2.45, 2.75) is 31.7 Å². The molecule has 0 unspecified atom stereocenters. The minimum Gasteiger partial charge on any atom is -0.391 e. The lowest BCUT2D eigenvalue weighted by Crippen LogP contribution is -2.47. The lowest BCUT2D eigenvalue weighted by molar-refractivity contribution is -0.136. The van der Waals surface area contributed by atoms with E-state index in [9.17, 15) is 23.9 Å². The molecule has 8 heteroatoms. The summed E-state index contributed by atoms with van der Waals surface area (Å²) in [5.41, 5.74) is -0.618. The van der Waals surface area contributed by atoms with Gasteiger partial charge in [0.05, 0.1) is 23.6 Å². The Morgan fingerprint density at radius 1 is 1.29 bits per heavy atom. The summed E-state index contributed by atoms with van der Waals surface area (Å²) >= 11 is 0. The second kappa shape index (κ2) is 6.56. The zero-order valence-corrected chi connectivity index (χ0v) is 12.9. The molecule has 3 rings (SSSR count). The summed E-state index contributed by atoms with van der Waals surface area (Å²) in [5, 5.41) is 9.93. The van der Waals surface area contributed by atoms with E-state index in [4.69, 9.17) is 0 Å². The van der Waals surface area contributed by atoms with Crippen LogP contribution in [0.1, 0.15) is 12.8 Å². The number of β-amino-alcohol motifs (C(OH)–C–C–N with tert-alkyl or cyclic N) is 1. The van der Waals surface area contributed by atoms with E-state index in [0.29, 0.717) is 10.9 Å². The number of aliphatic hydroxyl groups excluding tert-OH is 1. The average molecular weight is 335 g/mol. The van der Waals surface area contributed by atoms with Crippen molar-refractivity contribution in [1.29, 1.82) is 0 Å². The number of hydrogen-bond donors (Lipinski definition) is 2. The number of benzene rings is 1. The van der Waals surface area contributed by atoms with Crippen LogP contribution in [0.3, 0.4) is 0 Å². The van der Waals surface area contributed by atoms with Gasteiger partial charge in [-0.2, -0.15) is 0 Å². The summed E-state index contributed by atoms with van der Waals surface area (Å²) in [6.45, 7) is 0.121. The summed E-state index contributed by atoms with van der Waals surface area (Å²) in [4.78, 5) is 39.6. The normalized spacial score (nSPS) is 21.2. The third-order valence-corrected chi connectivity index (χ3v) is 4.18. The largest absolute Gasteiger partial charge is 0.391 e. The van der Waals surface area contributed by atoms with Crippen molar-refractivity contribution < 1.29 is 14.3 Å². The van der Waals surface area contributed by atoms with Crippen molar-refractivity contribution in [2.75, 3.05) is 13.1 Å². The first-order chi connectivity index (χ1) is 11.5. The number of fused-ring (bicyclic) bond motifs is 1. The third kappa shape index (κ3) is 3.23. The van der Waals surface area contributed by atoms with Gasteiger partial charge in [-0.3, -0.25) is 19.1 Å². The van der Waals surface area contributed by atoms with E-state index in [1.165, 1.54) is 9.47 Å². The Morgan fingerprint density at radius 2 is 2.04 bits per heavy atom. The van der Waals surface area contributed by atoms with Crippen molar-refractivity contribution in [3.63, 3.8) is 0 Å². The molecule has 1 aromatic heterocycles. The topological polar surface area (TPSA) is 95.4 Å². The lowest BCUT2D eigenvalue weighted by atomic mass is 10.1. The number of rotatable bonds is 3. The van der Waals surface area contributed by atoms with Gasteiger partial charge in [-0.25, -0.2) is 9.18 Å². The molecule has 7 nitrogen and oxygen atoms in total. The van der Waals surface area contributed by atoms with Crippen LogP contribution in [0.15, 0.2) is 33.9 Å². The van der Waals surface area contributed by atoms with Crippen molar-refractivity contribution in [2.24, 2.45) is 0 Å². The molecule has 2 N–H and O–H groups in total. The molecule has 0 saturated carbocycles. The van der Waals surface area contributed by atoms with Crippen LogP contribution in [0, 0.1) is 0 Å². The molecule has 1 saturated heterocycles. The maximum Gasteiger partial charge on any atom is 0.328 e. The summed E-state index contributed by atoms with van der Waals surface area (Å²) in [6, 6.07) is 6.63. The molecule has 0 spiro atoms. The number of hydrogen-bond acceptors (Lipinski definition) is 4. The Balaban J connectivity index is 1.80. The van der Waals surface area contributed by atoms with Gasteiger partial charge in [0.1, 0.15) is 6.17 Å². The van der Waals surface area contributed by atoms with Crippen LogP contribution in [0.5, 0.6) is 0 Å². The number of aliphatic hydroxyl groups is 1. The van der Waals surface area contributed by atoms with Crippen molar-refractivity contribution in [1.82, 2.24) is 14.5 Å². The number of halogens is 1. The summed E-state index contributed by atoms with van der Waals surface area (Å²) < 4.78 is 14.8.